The van der Waals surface area contributed by atoms with Crippen LogP contribution in [0.25, 0.3) is 0 Å². The molecule has 2 aromatic rings. The van der Waals surface area contributed by atoms with Crippen LogP contribution < -0.4 is 15.8 Å². The van der Waals surface area contributed by atoms with Crippen molar-refractivity contribution in [2.45, 2.75) is 17.7 Å². The van der Waals surface area contributed by atoms with Crippen molar-refractivity contribution < 1.29 is 27.5 Å². The highest BCUT2D eigenvalue weighted by molar-refractivity contribution is 7.89. The number of nitrogen functional groups attached to an aromatic ring is 1. The maximum atomic E-state index is 12.5. The van der Waals surface area contributed by atoms with Crippen molar-refractivity contribution in [1.82, 2.24) is 4.31 Å². The molecular weight excluding hydrogens is 446 g/mol. The second kappa shape index (κ2) is 9.54. The summed E-state index contributed by atoms with van der Waals surface area (Å²) in [6.45, 7) is 0.462. The number of sulfonamides is 1. The molecule has 0 saturated carbocycles. The molecule has 0 spiro atoms. The number of ether oxygens (including phenoxy) is 2. The van der Waals surface area contributed by atoms with Crippen molar-refractivity contribution in [2.75, 3.05) is 37.9 Å². The van der Waals surface area contributed by atoms with Crippen LogP contribution in [0.2, 0.25) is 5.02 Å². The summed E-state index contributed by atoms with van der Waals surface area (Å²) in [6, 6.07) is 8.50. The molecule has 0 unspecified atom stereocenters. The molecule has 1 heterocycles. The first-order valence-corrected chi connectivity index (χ1v) is 11.2. The van der Waals surface area contributed by atoms with Crippen molar-refractivity contribution in [3.05, 3.63) is 47.0 Å². The molecule has 31 heavy (non-hydrogen) atoms. The Morgan fingerprint density at radius 2 is 1.81 bits per heavy atom. The molecule has 2 aromatic carbocycles. The SMILES string of the molecule is COc1cc(N)c(Cl)cc1C(=O)OCC(=O)Nc1ccc(S(=O)(=O)N2CCCC2)cc1. The van der Waals surface area contributed by atoms with Gasteiger partial charge < -0.3 is 20.5 Å². The van der Waals surface area contributed by atoms with E-state index in [2.05, 4.69) is 5.32 Å². The molecule has 0 aromatic heterocycles. The van der Waals surface area contributed by atoms with E-state index in [4.69, 9.17) is 26.8 Å². The molecule has 0 aliphatic carbocycles. The van der Waals surface area contributed by atoms with Crippen molar-refractivity contribution in [3.8, 4) is 5.75 Å². The highest BCUT2D eigenvalue weighted by atomic mass is 35.5. The number of hydrogen-bond donors (Lipinski definition) is 2. The van der Waals surface area contributed by atoms with Gasteiger partial charge in [0.25, 0.3) is 5.91 Å². The highest BCUT2D eigenvalue weighted by Crippen LogP contribution is 2.29. The van der Waals surface area contributed by atoms with Gasteiger partial charge in [0.2, 0.25) is 10.0 Å². The minimum absolute atomic E-state index is 0.0333. The van der Waals surface area contributed by atoms with Gasteiger partial charge in [-0.2, -0.15) is 4.31 Å². The molecule has 1 fully saturated rings. The van der Waals surface area contributed by atoms with E-state index in [9.17, 15) is 18.0 Å². The summed E-state index contributed by atoms with van der Waals surface area (Å²) in [5.41, 5.74) is 6.32. The lowest BCUT2D eigenvalue weighted by Crippen LogP contribution is -2.27. The van der Waals surface area contributed by atoms with Crippen LogP contribution in [0, 0.1) is 0 Å². The summed E-state index contributed by atoms with van der Waals surface area (Å²) < 4.78 is 36.6. The Morgan fingerprint density at radius 3 is 2.42 bits per heavy atom. The quantitative estimate of drug-likeness (QED) is 0.473. The summed E-state index contributed by atoms with van der Waals surface area (Å²) >= 11 is 5.93. The topological polar surface area (TPSA) is 128 Å². The fourth-order valence-electron chi connectivity index (χ4n) is 3.09. The van der Waals surface area contributed by atoms with Gasteiger partial charge in [-0.1, -0.05) is 11.6 Å². The predicted octanol–water partition coefficient (Wildman–Crippen LogP) is 2.51. The summed E-state index contributed by atoms with van der Waals surface area (Å²) in [7, 11) is -2.17. The Balaban J connectivity index is 1.59. The third kappa shape index (κ3) is 5.27. The third-order valence-electron chi connectivity index (χ3n) is 4.71. The maximum absolute atomic E-state index is 12.5. The summed E-state index contributed by atoms with van der Waals surface area (Å²) in [6.07, 6.45) is 1.70. The average molecular weight is 468 g/mol. The molecule has 0 atom stereocenters. The molecular formula is C20H22ClN3O6S. The monoisotopic (exact) mass is 467 g/mol. The highest BCUT2D eigenvalue weighted by Gasteiger charge is 2.27. The van der Waals surface area contributed by atoms with E-state index in [1.165, 1.54) is 47.8 Å². The molecule has 9 nitrogen and oxygen atoms in total. The molecule has 0 bridgehead atoms. The summed E-state index contributed by atoms with van der Waals surface area (Å²) in [4.78, 5) is 24.6. The third-order valence-corrected chi connectivity index (χ3v) is 6.95. The Kier molecular flexibility index (Phi) is 7.04. The molecule has 1 aliphatic heterocycles. The van der Waals surface area contributed by atoms with E-state index in [-0.39, 0.29) is 26.9 Å². The van der Waals surface area contributed by atoms with Gasteiger partial charge in [-0.15, -0.1) is 0 Å². The van der Waals surface area contributed by atoms with Crippen LogP contribution >= 0.6 is 11.6 Å². The van der Waals surface area contributed by atoms with Crippen LogP contribution in [0.15, 0.2) is 41.3 Å². The fraction of sp³-hybridized carbons (Fsp3) is 0.300. The zero-order valence-corrected chi connectivity index (χ0v) is 18.3. The molecule has 0 radical (unpaired) electrons. The number of nitrogens with two attached hydrogens (primary N) is 1. The predicted molar refractivity (Wildman–Crippen MR) is 116 cm³/mol. The van der Waals surface area contributed by atoms with Crippen LogP contribution in [-0.4, -0.2) is 51.4 Å². The van der Waals surface area contributed by atoms with Crippen LogP contribution in [0.3, 0.4) is 0 Å². The second-order valence-corrected chi connectivity index (χ2v) is 9.18. The Morgan fingerprint density at radius 1 is 1.16 bits per heavy atom. The van der Waals surface area contributed by atoms with E-state index in [1.54, 1.807) is 0 Å². The maximum Gasteiger partial charge on any atom is 0.342 e. The lowest BCUT2D eigenvalue weighted by Gasteiger charge is -2.15. The molecule has 3 rings (SSSR count). The Labute approximate surface area is 185 Å². The number of esters is 1. The number of nitrogens with one attached hydrogen (secondary N) is 1. The molecule has 1 aliphatic rings. The fourth-order valence-corrected chi connectivity index (χ4v) is 4.77. The van der Waals surface area contributed by atoms with E-state index in [0.29, 0.717) is 18.8 Å². The normalized spacial score (nSPS) is 14.3. The Hall–Kier alpha value is -2.82. The molecule has 1 saturated heterocycles. The molecule has 1 amide bonds. The van der Waals surface area contributed by atoms with Crippen LogP contribution in [0.5, 0.6) is 5.75 Å². The minimum atomic E-state index is -3.53. The lowest BCUT2D eigenvalue weighted by atomic mass is 10.2. The van der Waals surface area contributed by atoms with Crippen molar-refractivity contribution >= 4 is 44.9 Å². The zero-order valence-electron chi connectivity index (χ0n) is 16.8. The summed E-state index contributed by atoms with van der Waals surface area (Å²) in [5, 5.41) is 2.70. The van der Waals surface area contributed by atoms with Crippen LogP contribution in [-0.2, 0) is 19.6 Å². The number of nitrogens with zero attached hydrogens (tertiary/aromatic N) is 1. The van der Waals surface area contributed by atoms with Crippen LogP contribution in [0.4, 0.5) is 11.4 Å². The van der Waals surface area contributed by atoms with E-state index < -0.39 is 28.5 Å². The van der Waals surface area contributed by atoms with Crippen molar-refractivity contribution in [1.29, 1.82) is 0 Å². The smallest absolute Gasteiger partial charge is 0.342 e. The zero-order chi connectivity index (χ0) is 22.6. The Bertz CT molecular complexity index is 1080. The second-order valence-electron chi connectivity index (χ2n) is 6.83. The van der Waals surface area contributed by atoms with E-state index in [1.807, 2.05) is 0 Å². The number of carbonyl (C=O) groups excluding carboxylic acids is 2. The number of benzene rings is 2. The number of amides is 1. The van der Waals surface area contributed by atoms with Gasteiger partial charge in [0.05, 0.1) is 22.7 Å². The van der Waals surface area contributed by atoms with Gasteiger partial charge in [0.15, 0.2) is 6.61 Å². The van der Waals surface area contributed by atoms with Gasteiger partial charge in [0, 0.05) is 24.8 Å². The van der Waals surface area contributed by atoms with Crippen molar-refractivity contribution in [3.63, 3.8) is 0 Å². The average Bonchev–Trinajstić information content (AvgIpc) is 3.30. The number of anilines is 2. The van der Waals surface area contributed by atoms with Crippen molar-refractivity contribution in [2.24, 2.45) is 0 Å². The molecule has 3 N–H and O–H groups in total. The standard InChI is InChI=1S/C20H22ClN3O6S/c1-29-18-11-17(22)16(21)10-15(18)20(26)30-12-19(25)23-13-4-6-14(7-5-13)31(27,28)24-8-2-3-9-24/h4-7,10-11H,2-3,8-9,12,22H2,1H3,(H,23,25). The van der Waals surface area contributed by atoms with Gasteiger partial charge in [-0.3, -0.25) is 4.79 Å². The minimum Gasteiger partial charge on any atom is -0.496 e. The number of carbonyl (C=O) groups is 2. The first kappa shape index (κ1) is 22.9. The summed E-state index contributed by atoms with van der Waals surface area (Å²) in [5.74, 6) is -1.23. The lowest BCUT2D eigenvalue weighted by molar-refractivity contribution is -0.119. The van der Waals surface area contributed by atoms with Gasteiger partial charge in [-0.25, -0.2) is 13.2 Å². The van der Waals surface area contributed by atoms with Gasteiger partial charge >= 0.3 is 5.97 Å². The van der Waals surface area contributed by atoms with Gasteiger partial charge in [0.1, 0.15) is 11.3 Å². The first-order chi connectivity index (χ1) is 14.7. The van der Waals surface area contributed by atoms with Gasteiger partial charge in [-0.05, 0) is 43.2 Å². The van der Waals surface area contributed by atoms with E-state index >= 15 is 0 Å². The van der Waals surface area contributed by atoms with E-state index in [0.717, 1.165) is 12.8 Å². The number of hydrogen-bond acceptors (Lipinski definition) is 7. The number of rotatable bonds is 7. The van der Waals surface area contributed by atoms with Crippen LogP contribution in [0.1, 0.15) is 23.2 Å². The molecule has 11 heteroatoms. The molecule has 166 valence electrons. The number of halogens is 1. The number of methoxy groups -OCH3 is 1. The largest absolute Gasteiger partial charge is 0.496 e. The first-order valence-electron chi connectivity index (χ1n) is 9.42.